The summed E-state index contributed by atoms with van der Waals surface area (Å²) in [5, 5.41) is 1.92. The smallest absolute Gasteiger partial charge is 0.291 e. The van der Waals surface area contributed by atoms with Crippen LogP contribution in [0.3, 0.4) is 0 Å². The fraction of sp³-hybridized carbons (Fsp3) is 0.222. The quantitative estimate of drug-likeness (QED) is 0.558. The van der Waals surface area contributed by atoms with Crippen molar-refractivity contribution >= 4 is 40.6 Å². The molecule has 2 aromatic carbocycles. The Balaban J connectivity index is 1.84. The van der Waals surface area contributed by atoms with Crippen LogP contribution in [0.1, 0.15) is 18.4 Å². The molecule has 0 saturated heterocycles. The minimum Gasteiger partial charge on any atom is -0.497 e. The highest BCUT2D eigenvalue weighted by atomic mass is 35.5. The fourth-order valence-corrected chi connectivity index (χ4v) is 2.67. The Morgan fingerprint density at radius 1 is 1.12 bits per heavy atom. The molecule has 0 radical (unpaired) electrons. The highest BCUT2D eigenvalue weighted by Gasteiger charge is 2.15. The third-order valence-electron chi connectivity index (χ3n) is 3.52. The molecule has 1 amide bonds. The van der Waals surface area contributed by atoms with Gasteiger partial charge in [0.25, 0.3) is 5.91 Å². The summed E-state index contributed by atoms with van der Waals surface area (Å²) in [5.41, 5.74) is 1.22. The first-order valence-corrected chi connectivity index (χ1v) is 8.28. The van der Waals surface area contributed by atoms with Crippen molar-refractivity contribution in [2.45, 2.75) is 19.3 Å². The number of rotatable bonds is 7. The Labute approximate surface area is 154 Å². The van der Waals surface area contributed by atoms with E-state index in [2.05, 4.69) is 5.32 Å². The van der Waals surface area contributed by atoms with Crippen LogP contribution in [-0.2, 0) is 16.0 Å². The van der Waals surface area contributed by atoms with Crippen LogP contribution in [0.2, 0.25) is 10.0 Å². The zero-order valence-electron chi connectivity index (χ0n) is 13.4. The van der Waals surface area contributed by atoms with Crippen molar-refractivity contribution in [1.29, 1.82) is 0 Å². The number of methoxy groups -OCH3 is 1. The molecule has 25 heavy (non-hydrogen) atoms. The molecule has 1 N–H and O–H groups in total. The van der Waals surface area contributed by atoms with E-state index < -0.39 is 17.5 Å². The normalized spacial score (nSPS) is 10.4. The standard InChI is InChI=1S/C18H16Cl2FNO3/c1-25-13-7-5-11(6-8-13)3-2-4-16(23)18(24)22-12-9-14(19)17(21)15(20)10-12/h5-10H,2-4H2,1H3,(H,22,24). The number of hydrogen-bond donors (Lipinski definition) is 1. The number of ketones is 1. The molecule has 0 aliphatic carbocycles. The lowest BCUT2D eigenvalue weighted by molar-refractivity contribution is -0.134. The van der Waals surface area contributed by atoms with Gasteiger partial charge in [-0.15, -0.1) is 0 Å². The first-order chi connectivity index (χ1) is 11.9. The summed E-state index contributed by atoms with van der Waals surface area (Å²) >= 11 is 11.3. The molecular formula is C18H16Cl2FNO3. The highest BCUT2D eigenvalue weighted by Crippen LogP contribution is 2.27. The van der Waals surface area contributed by atoms with Gasteiger partial charge in [0.2, 0.25) is 5.78 Å². The van der Waals surface area contributed by atoms with Crippen molar-refractivity contribution < 1.29 is 18.7 Å². The number of carbonyl (C=O) groups is 2. The maximum Gasteiger partial charge on any atom is 0.291 e. The Morgan fingerprint density at radius 2 is 1.72 bits per heavy atom. The fourth-order valence-electron chi connectivity index (χ4n) is 2.19. The zero-order valence-corrected chi connectivity index (χ0v) is 15.0. The SMILES string of the molecule is COc1ccc(CCCC(=O)C(=O)Nc2cc(Cl)c(F)c(Cl)c2)cc1. The largest absolute Gasteiger partial charge is 0.497 e. The summed E-state index contributed by atoms with van der Waals surface area (Å²) in [6.07, 6.45) is 1.29. The molecule has 132 valence electrons. The van der Waals surface area contributed by atoms with Gasteiger partial charge in [-0.1, -0.05) is 35.3 Å². The molecule has 0 bridgehead atoms. The number of hydrogen-bond acceptors (Lipinski definition) is 3. The minimum atomic E-state index is -0.784. The van der Waals surface area contributed by atoms with Gasteiger partial charge < -0.3 is 10.1 Å². The maximum atomic E-state index is 13.3. The molecule has 0 atom stereocenters. The molecule has 0 unspecified atom stereocenters. The van der Waals surface area contributed by atoms with Crippen molar-refractivity contribution in [3.63, 3.8) is 0 Å². The monoisotopic (exact) mass is 383 g/mol. The van der Waals surface area contributed by atoms with E-state index in [-0.39, 0.29) is 22.2 Å². The van der Waals surface area contributed by atoms with Gasteiger partial charge in [-0.3, -0.25) is 9.59 Å². The van der Waals surface area contributed by atoms with Gasteiger partial charge in [-0.25, -0.2) is 4.39 Å². The van der Waals surface area contributed by atoms with Crippen LogP contribution in [0.25, 0.3) is 0 Å². The number of Topliss-reactive ketones (excluding diaryl/α,β-unsaturated/α-hetero) is 1. The van der Waals surface area contributed by atoms with E-state index in [0.717, 1.165) is 11.3 Å². The van der Waals surface area contributed by atoms with Crippen molar-refractivity contribution in [2.75, 3.05) is 12.4 Å². The van der Waals surface area contributed by atoms with Gasteiger partial charge >= 0.3 is 0 Å². The molecule has 7 heteroatoms. The lowest BCUT2D eigenvalue weighted by Gasteiger charge is -2.07. The molecule has 0 aromatic heterocycles. The summed E-state index contributed by atoms with van der Waals surface area (Å²) in [6, 6.07) is 9.89. The van der Waals surface area contributed by atoms with Crippen molar-refractivity contribution in [1.82, 2.24) is 0 Å². The minimum absolute atomic E-state index is 0.0977. The lowest BCUT2D eigenvalue weighted by Crippen LogP contribution is -2.22. The van der Waals surface area contributed by atoms with Gasteiger partial charge in [-0.05, 0) is 42.7 Å². The second-order valence-corrected chi connectivity index (χ2v) is 6.15. The van der Waals surface area contributed by atoms with Gasteiger partial charge in [-0.2, -0.15) is 0 Å². The third kappa shape index (κ3) is 5.44. The number of anilines is 1. The molecule has 0 fully saturated rings. The summed E-state index contributed by atoms with van der Waals surface area (Å²) < 4.78 is 18.4. The molecule has 4 nitrogen and oxygen atoms in total. The highest BCUT2D eigenvalue weighted by molar-refractivity contribution is 6.41. The predicted octanol–water partition coefficient (Wildman–Crippen LogP) is 4.67. The number of halogens is 3. The lowest BCUT2D eigenvalue weighted by atomic mass is 10.1. The number of ether oxygens (including phenoxy) is 1. The number of nitrogens with one attached hydrogen (secondary N) is 1. The topological polar surface area (TPSA) is 55.4 Å². The van der Waals surface area contributed by atoms with Crippen molar-refractivity contribution in [2.24, 2.45) is 0 Å². The Bertz CT molecular complexity index is 755. The van der Waals surface area contributed by atoms with Crippen LogP contribution in [0.4, 0.5) is 10.1 Å². The first-order valence-electron chi connectivity index (χ1n) is 7.52. The van der Waals surface area contributed by atoms with Gasteiger partial charge in [0.15, 0.2) is 5.82 Å². The first kappa shape index (κ1) is 19.2. The Kier molecular flexibility index (Phi) is 6.79. The summed E-state index contributed by atoms with van der Waals surface area (Å²) in [4.78, 5) is 23.8. The Morgan fingerprint density at radius 3 is 2.28 bits per heavy atom. The van der Waals surface area contributed by atoms with Crippen molar-refractivity contribution in [3.05, 3.63) is 57.8 Å². The molecule has 2 rings (SSSR count). The van der Waals surface area contributed by atoms with Gasteiger partial charge in [0, 0.05) is 12.1 Å². The molecule has 0 saturated carbocycles. The van der Waals surface area contributed by atoms with Crippen LogP contribution in [0.15, 0.2) is 36.4 Å². The second kappa shape index (κ2) is 8.83. The van der Waals surface area contributed by atoms with E-state index in [1.165, 1.54) is 12.1 Å². The summed E-state index contributed by atoms with van der Waals surface area (Å²) in [7, 11) is 1.59. The summed E-state index contributed by atoms with van der Waals surface area (Å²) in [6.45, 7) is 0. The van der Waals surface area contributed by atoms with Crippen LogP contribution in [0.5, 0.6) is 5.75 Å². The molecule has 0 spiro atoms. The maximum absolute atomic E-state index is 13.3. The number of aryl methyl sites for hydroxylation is 1. The molecule has 2 aromatic rings. The van der Waals surface area contributed by atoms with E-state index in [1.54, 1.807) is 7.11 Å². The van der Waals surface area contributed by atoms with Crippen LogP contribution < -0.4 is 10.1 Å². The van der Waals surface area contributed by atoms with E-state index in [9.17, 15) is 14.0 Å². The van der Waals surface area contributed by atoms with Crippen LogP contribution in [-0.4, -0.2) is 18.8 Å². The number of carbonyl (C=O) groups excluding carboxylic acids is 2. The van der Waals surface area contributed by atoms with Crippen molar-refractivity contribution in [3.8, 4) is 5.75 Å². The second-order valence-electron chi connectivity index (χ2n) is 5.33. The average Bonchev–Trinajstić information content (AvgIpc) is 2.60. The van der Waals surface area contributed by atoms with Gasteiger partial charge in [0.05, 0.1) is 17.2 Å². The third-order valence-corrected chi connectivity index (χ3v) is 4.07. The van der Waals surface area contributed by atoms with Gasteiger partial charge in [0.1, 0.15) is 5.75 Å². The number of benzene rings is 2. The van der Waals surface area contributed by atoms with E-state index in [0.29, 0.717) is 12.8 Å². The molecule has 0 aliphatic heterocycles. The zero-order chi connectivity index (χ0) is 18.4. The summed E-state index contributed by atoms with van der Waals surface area (Å²) in [5.74, 6) is -1.36. The van der Waals surface area contributed by atoms with E-state index >= 15 is 0 Å². The Hall–Kier alpha value is -2.11. The van der Waals surface area contributed by atoms with E-state index in [4.69, 9.17) is 27.9 Å². The number of amides is 1. The molecule has 0 heterocycles. The van der Waals surface area contributed by atoms with Crippen LogP contribution >= 0.6 is 23.2 Å². The molecular weight excluding hydrogens is 368 g/mol. The predicted molar refractivity (Wildman–Crippen MR) is 96.0 cm³/mol. The average molecular weight is 384 g/mol. The van der Waals surface area contributed by atoms with Crippen LogP contribution in [0, 0.1) is 5.82 Å². The molecule has 0 aliphatic rings. The van der Waals surface area contributed by atoms with E-state index in [1.807, 2.05) is 24.3 Å².